The van der Waals surface area contributed by atoms with Crippen LogP contribution in [0.15, 0.2) is 6.20 Å². The standard InChI is InChI=1S/C11H17N3O/c1-10(2)9(11(10,3)4)8(15)7-6-12-14(5)13-7/h6,9H,1-5H3. The number of rotatable bonds is 2. The van der Waals surface area contributed by atoms with Gasteiger partial charge in [0.25, 0.3) is 0 Å². The van der Waals surface area contributed by atoms with Crippen molar-refractivity contribution >= 4 is 5.78 Å². The molecule has 0 atom stereocenters. The van der Waals surface area contributed by atoms with Crippen molar-refractivity contribution in [3.8, 4) is 0 Å². The molecule has 2 rings (SSSR count). The molecule has 1 heterocycles. The summed E-state index contributed by atoms with van der Waals surface area (Å²) in [6.45, 7) is 8.52. The molecule has 1 aliphatic carbocycles. The molecule has 0 saturated heterocycles. The van der Waals surface area contributed by atoms with Crippen molar-refractivity contribution in [1.29, 1.82) is 0 Å². The number of carbonyl (C=O) groups is 1. The molecule has 0 bridgehead atoms. The second-order valence-electron chi connectivity index (χ2n) is 5.46. The molecule has 1 saturated carbocycles. The largest absolute Gasteiger partial charge is 0.292 e. The van der Waals surface area contributed by atoms with Crippen LogP contribution in [0, 0.1) is 16.7 Å². The van der Waals surface area contributed by atoms with Gasteiger partial charge in [-0.15, -0.1) is 0 Å². The molecule has 0 spiro atoms. The average Bonchev–Trinajstić information content (AvgIpc) is 2.49. The Morgan fingerprint density at radius 3 is 2.20 bits per heavy atom. The highest BCUT2D eigenvalue weighted by atomic mass is 16.1. The van der Waals surface area contributed by atoms with Crippen LogP contribution in [0.4, 0.5) is 0 Å². The van der Waals surface area contributed by atoms with E-state index in [9.17, 15) is 4.79 Å². The van der Waals surface area contributed by atoms with Crippen molar-refractivity contribution in [3.63, 3.8) is 0 Å². The third kappa shape index (κ3) is 1.24. The molecular weight excluding hydrogens is 190 g/mol. The summed E-state index contributed by atoms with van der Waals surface area (Å²) in [6.07, 6.45) is 1.55. The lowest BCUT2D eigenvalue weighted by Gasteiger charge is -2.03. The lowest BCUT2D eigenvalue weighted by Crippen LogP contribution is -2.08. The fourth-order valence-electron chi connectivity index (χ4n) is 2.46. The highest BCUT2D eigenvalue weighted by Crippen LogP contribution is 2.69. The zero-order chi connectivity index (χ0) is 11.4. The maximum absolute atomic E-state index is 12.1. The van der Waals surface area contributed by atoms with Gasteiger partial charge in [-0.1, -0.05) is 27.7 Å². The minimum absolute atomic E-state index is 0.0710. The van der Waals surface area contributed by atoms with E-state index in [1.165, 1.54) is 4.80 Å². The van der Waals surface area contributed by atoms with Gasteiger partial charge in [0, 0.05) is 13.0 Å². The number of hydrogen-bond acceptors (Lipinski definition) is 3. The number of nitrogens with zero attached hydrogens (tertiary/aromatic N) is 3. The molecular formula is C11H17N3O. The van der Waals surface area contributed by atoms with Crippen LogP contribution in [-0.4, -0.2) is 20.8 Å². The van der Waals surface area contributed by atoms with E-state index in [-0.39, 0.29) is 22.5 Å². The number of hydrogen-bond donors (Lipinski definition) is 0. The molecule has 1 aromatic heterocycles. The Bertz CT molecular complexity index is 403. The van der Waals surface area contributed by atoms with Crippen LogP contribution in [0.3, 0.4) is 0 Å². The first-order valence-corrected chi connectivity index (χ1v) is 5.19. The van der Waals surface area contributed by atoms with Crippen LogP contribution < -0.4 is 0 Å². The second-order valence-corrected chi connectivity index (χ2v) is 5.46. The van der Waals surface area contributed by atoms with E-state index >= 15 is 0 Å². The number of ketones is 1. The van der Waals surface area contributed by atoms with Gasteiger partial charge in [-0.25, -0.2) is 0 Å². The molecule has 0 aromatic carbocycles. The molecule has 4 nitrogen and oxygen atoms in total. The first kappa shape index (κ1) is 10.3. The van der Waals surface area contributed by atoms with Crippen LogP contribution in [0.5, 0.6) is 0 Å². The van der Waals surface area contributed by atoms with Crippen molar-refractivity contribution < 1.29 is 4.79 Å². The molecule has 0 radical (unpaired) electrons. The molecule has 0 aliphatic heterocycles. The smallest absolute Gasteiger partial charge is 0.188 e. The summed E-state index contributed by atoms with van der Waals surface area (Å²) in [5.74, 6) is 0.194. The van der Waals surface area contributed by atoms with Crippen molar-refractivity contribution in [2.24, 2.45) is 23.8 Å². The van der Waals surface area contributed by atoms with Crippen molar-refractivity contribution in [2.45, 2.75) is 27.7 Å². The second kappa shape index (κ2) is 2.68. The molecule has 0 N–H and O–H groups in total. The Morgan fingerprint density at radius 1 is 1.33 bits per heavy atom. The first-order chi connectivity index (χ1) is 6.78. The molecule has 0 amide bonds. The fraction of sp³-hybridized carbons (Fsp3) is 0.727. The minimum Gasteiger partial charge on any atom is -0.292 e. The van der Waals surface area contributed by atoms with E-state index in [1.807, 2.05) is 0 Å². The van der Waals surface area contributed by atoms with Gasteiger partial charge in [-0.2, -0.15) is 15.0 Å². The van der Waals surface area contributed by atoms with Gasteiger partial charge in [-0.05, 0) is 10.8 Å². The monoisotopic (exact) mass is 207 g/mol. The van der Waals surface area contributed by atoms with Crippen LogP contribution in [-0.2, 0) is 7.05 Å². The molecule has 15 heavy (non-hydrogen) atoms. The summed E-state index contributed by atoms with van der Waals surface area (Å²) in [7, 11) is 1.72. The summed E-state index contributed by atoms with van der Waals surface area (Å²) >= 11 is 0. The van der Waals surface area contributed by atoms with Crippen molar-refractivity contribution in [3.05, 3.63) is 11.9 Å². The lowest BCUT2D eigenvalue weighted by atomic mass is 10.0. The van der Waals surface area contributed by atoms with E-state index < -0.39 is 0 Å². The third-order valence-corrected chi connectivity index (χ3v) is 4.13. The summed E-state index contributed by atoms with van der Waals surface area (Å²) < 4.78 is 0. The average molecular weight is 207 g/mol. The van der Waals surface area contributed by atoms with Crippen LogP contribution >= 0.6 is 0 Å². The summed E-state index contributed by atoms with van der Waals surface area (Å²) in [6, 6.07) is 0. The topological polar surface area (TPSA) is 47.8 Å². The quantitative estimate of drug-likeness (QED) is 0.693. The van der Waals surface area contributed by atoms with Gasteiger partial charge in [-0.3, -0.25) is 4.79 Å². The van der Waals surface area contributed by atoms with Gasteiger partial charge in [0.1, 0.15) is 5.69 Å². The van der Waals surface area contributed by atoms with Gasteiger partial charge in [0.05, 0.1) is 6.20 Å². The minimum atomic E-state index is 0.0710. The predicted octanol–water partition coefficient (Wildman–Crippen LogP) is 1.68. The lowest BCUT2D eigenvalue weighted by molar-refractivity contribution is 0.0939. The van der Waals surface area contributed by atoms with Gasteiger partial charge >= 0.3 is 0 Å². The zero-order valence-electron chi connectivity index (χ0n) is 9.90. The zero-order valence-corrected chi connectivity index (χ0v) is 9.90. The SMILES string of the molecule is Cn1ncc(C(=O)C2C(C)(C)C2(C)C)n1. The maximum Gasteiger partial charge on any atom is 0.188 e. The van der Waals surface area contributed by atoms with E-state index in [2.05, 4.69) is 37.9 Å². The number of aryl methyl sites for hydroxylation is 1. The Kier molecular flexibility index (Phi) is 1.85. The molecule has 82 valence electrons. The van der Waals surface area contributed by atoms with Gasteiger partial charge in [0.2, 0.25) is 0 Å². The van der Waals surface area contributed by atoms with Crippen LogP contribution in [0.25, 0.3) is 0 Å². The van der Waals surface area contributed by atoms with E-state index in [0.29, 0.717) is 5.69 Å². The van der Waals surface area contributed by atoms with E-state index in [4.69, 9.17) is 0 Å². The number of Topliss-reactive ketones (excluding diaryl/α,β-unsaturated/α-hetero) is 1. The third-order valence-electron chi connectivity index (χ3n) is 4.13. The highest BCUT2D eigenvalue weighted by molar-refractivity contribution is 5.99. The maximum atomic E-state index is 12.1. The Labute approximate surface area is 89.7 Å². The van der Waals surface area contributed by atoms with Crippen molar-refractivity contribution in [2.75, 3.05) is 0 Å². The van der Waals surface area contributed by atoms with Gasteiger partial charge < -0.3 is 0 Å². The van der Waals surface area contributed by atoms with Crippen molar-refractivity contribution in [1.82, 2.24) is 15.0 Å². The highest BCUT2D eigenvalue weighted by Gasteiger charge is 2.68. The molecule has 0 unspecified atom stereocenters. The Hall–Kier alpha value is -1.19. The predicted molar refractivity (Wildman–Crippen MR) is 56.4 cm³/mol. The number of carbonyl (C=O) groups excluding carboxylic acids is 1. The number of aromatic nitrogens is 3. The fourth-order valence-corrected chi connectivity index (χ4v) is 2.46. The van der Waals surface area contributed by atoms with Crippen LogP contribution in [0.1, 0.15) is 38.2 Å². The molecule has 1 fully saturated rings. The summed E-state index contributed by atoms with van der Waals surface area (Å²) in [4.78, 5) is 13.6. The summed E-state index contributed by atoms with van der Waals surface area (Å²) in [5, 5.41) is 7.99. The molecule has 1 aliphatic rings. The van der Waals surface area contributed by atoms with E-state index in [1.54, 1.807) is 13.2 Å². The Balaban J connectivity index is 2.26. The molecule has 1 aromatic rings. The molecule has 4 heteroatoms. The normalized spacial score (nSPS) is 22.7. The Morgan fingerprint density at radius 2 is 1.87 bits per heavy atom. The van der Waals surface area contributed by atoms with Crippen LogP contribution in [0.2, 0.25) is 0 Å². The first-order valence-electron chi connectivity index (χ1n) is 5.19. The van der Waals surface area contributed by atoms with Gasteiger partial charge in [0.15, 0.2) is 5.78 Å². The summed E-state index contributed by atoms with van der Waals surface area (Å²) in [5.41, 5.74) is 0.629. The van der Waals surface area contributed by atoms with E-state index in [0.717, 1.165) is 0 Å².